The number of carbonyl (C=O) groups is 1. The number of benzene rings is 3. The first kappa shape index (κ1) is 18.6. The summed E-state index contributed by atoms with van der Waals surface area (Å²) in [5.74, 6) is -0.573. The Balaban J connectivity index is 1.72. The van der Waals surface area contributed by atoms with E-state index in [-0.39, 0.29) is 23.9 Å². The van der Waals surface area contributed by atoms with E-state index in [2.05, 4.69) is 10.3 Å². The maximum atomic E-state index is 13.4. The van der Waals surface area contributed by atoms with Gasteiger partial charge in [-0.2, -0.15) is 0 Å². The fourth-order valence-electron chi connectivity index (χ4n) is 3.37. The number of pyridine rings is 1. The maximum absolute atomic E-state index is 13.4. The Morgan fingerprint density at radius 2 is 1.72 bits per heavy atom. The Kier molecular flexibility index (Phi) is 5.20. The molecule has 2 N–H and O–H groups in total. The van der Waals surface area contributed by atoms with Crippen LogP contribution in [0.4, 0.5) is 4.39 Å². The summed E-state index contributed by atoms with van der Waals surface area (Å²) in [4.78, 5) is 17.0. The summed E-state index contributed by atoms with van der Waals surface area (Å²) in [6.45, 7) is 0. The highest BCUT2D eigenvalue weighted by molar-refractivity contribution is 5.86. The maximum Gasteiger partial charge on any atom is 0.225 e. The van der Waals surface area contributed by atoms with Crippen molar-refractivity contribution in [3.63, 3.8) is 0 Å². The molecule has 0 bridgehead atoms. The quantitative estimate of drug-likeness (QED) is 0.530. The topological polar surface area (TPSA) is 62.2 Å². The largest absolute Gasteiger partial charge is 0.505 e. The second-order valence-electron chi connectivity index (χ2n) is 6.79. The average Bonchev–Trinajstić information content (AvgIpc) is 2.74. The number of nitrogens with zero attached hydrogens (tertiary/aromatic N) is 1. The second kappa shape index (κ2) is 8.10. The molecule has 1 aromatic heterocycles. The molecule has 0 saturated heterocycles. The van der Waals surface area contributed by atoms with Gasteiger partial charge in [0.05, 0.1) is 12.5 Å². The summed E-state index contributed by atoms with van der Waals surface area (Å²) >= 11 is 0. The van der Waals surface area contributed by atoms with E-state index in [0.29, 0.717) is 16.6 Å². The van der Waals surface area contributed by atoms with Crippen molar-refractivity contribution in [3.8, 4) is 5.75 Å². The zero-order valence-electron chi connectivity index (χ0n) is 15.5. The summed E-state index contributed by atoms with van der Waals surface area (Å²) in [6, 6.07) is 21.9. The van der Waals surface area contributed by atoms with Gasteiger partial charge in [-0.05, 0) is 29.3 Å². The lowest BCUT2D eigenvalue weighted by Crippen LogP contribution is -2.30. The van der Waals surface area contributed by atoms with Crippen LogP contribution in [-0.2, 0) is 11.2 Å². The molecule has 0 saturated carbocycles. The average molecular weight is 386 g/mol. The molecule has 0 spiro atoms. The molecule has 0 aliphatic carbocycles. The molecule has 4 nitrogen and oxygen atoms in total. The van der Waals surface area contributed by atoms with E-state index < -0.39 is 6.04 Å². The molecule has 1 amide bonds. The number of rotatable bonds is 5. The van der Waals surface area contributed by atoms with E-state index in [9.17, 15) is 14.3 Å². The summed E-state index contributed by atoms with van der Waals surface area (Å²) in [6.07, 6.45) is 1.80. The van der Waals surface area contributed by atoms with Crippen molar-refractivity contribution in [2.75, 3.05) is 0 Å². The van der Waals surface area contributed by atoms with E-state index >= 15 is 0 Å². The lowest BCUT2D eigenvalue weighted by atomic mass is 9.96. The van der Waals surface area contributed by atoms with Crippen LogP contribution in [0.3, 0.4) is 0 Å². The number of phenols is 1. The Morgan fingerprint density at radius 3 is 2.48 bits per heavy atom. The Labute approximate surface area is 167 Å². The highest BCUT2D eigenvalue weighted by Crippen LogP contribution is 2.34. The highest BCUT2D eigenvalue weighted by atomic mass is 19.1. The minimum absolute atomic E-state index is 0.00237. The van der Waals surface area contributed by atoms with Gasteiger partial charge < -0.3 is 10.4 Å². The van der Waals surface area contributed by atoms with Crippen LogP contribution < -0.4 is 5.32 Å². The molecule has 1 atom stereocenters. The van der Waals surface area contributed by atoms with Crippen molar-refractivity contribution >= 4 is 16.8 Å². The molecule has 0 aliphatic rings. The zero-order valence-corrected chi connectivity index (χ0v) is 15.5. The number of carbonyl (C=O) groups excluding carboxylic acids is 1. The van der Waals surface area contributed by atoms with E-state index in [1.165, 1.54) is 12.1 Å². The SMILES string of the molecule is O=C(Cc1ccccc1)NC(c1ccc(F)cc1)c1ccc2cccnc2c1O. The fourth-order valence-corrected chi connectivity index (χ4v) is 3.37. The van der Waals surface area contributed by atoms with Gasteiger partial charge in [0.2, 0.25) is 5.91 Å². The Morgan fingerprint density at radius 1 is 0.966 bits per heavy atom. The van der Waals surface area contributed by atoms with Crippen molar-refractivity contribution in [2.45, 2.75) is 12.5 Å². The molecule has 4 aromatic rings. The molecule has 0 fully saturated rings. The third-order valence-corrected chi connectivity index (χ3v) is 4.81. The van der Waals surface area contributed by atoms with Crippen LogP contribution in [0.2, 0.25) is 0 Å². The summed E-state index contributed by atoms with van der Waals surface area (Å²) in [7, 11) is 0. The van der Waals surface area contributed by atoms with Gasteiger partial charge in [-0.15, -0.1) is 0 Å². The predicted molar refractivity (Wildman–Crippen MR) is 110 cm³/mol. The van der Waals surface area contributed by atoms with Crippen molar-refractivity contribution in [3.05, 3.63) is 108 Å². The number of nitrogens with one attached hydrogen (secondary N) is 1. The molecular weight excluding hydrogens is 367 g/mol. The summed E-state index contributed by atoms with van der Waals surface area (Å²) in [5.41, 5.74) is 2.50. The monoisotopic (exact) mass is 386 g/mol. The van der Waals surface area contributed by atoms with E-state index in [4.69, 9.17) is 0 Å². The Hall–Kier alpha value is -3.73. The van der Waals surface area contributed by atoms with Gasteiger partial charge in [0.15, 0.2) is 0 Å². The van der Waals surface area contributed by atoms with Gasteiger partial charge in [0, 0.05) is 17.1 Å². The third-order valence-electron chi connectivity index (χ3n) is 4.81. The molecule has 144 valence electrons. The smallest absolute Gasteiger partial charge is 0.225 e. The van der Waals surface area contributed by atoms with Gasteiger partial charge >= 0.3 is 0 Å². The van der Waals surface area contributed by atoms with E-state index in [1.807, 2.05) is 42.5 Å². The fraction of sp³-hybridized carbons (Fsp3) is 0.0833. The highest BCUT2D eigenvalue weighted by Gasteiger charge is 2.22. The summed E-state index contributed by atoms with van der Waals surface area (Å²) in [5, 5.41) is 14.6. The van der Waals surface area contributed by atoms with Crippen molar-refractivity contribution in [2.24, 2.45) is 0 Å². The second-order valence-corrected chi connectivity index (χ2v) is 6.79. The van der Waals surface area contributed by atoms with Crippen LogP contribution in [0, 0.1) is 5.82 Å². The minimum Gasteiger partial charge on any atom is -0.505 e. The number of hydrogen-bond donors (Lipinski definition) is 2. The van der Waals surface area contributed by atoms with Gasteiger partial charge in [-0.25, -0.2) is 4.39 Å². The van der Waals surface area contributed by atoms with Crippen molar-refractivity contribution in [1.82, 2.24) is 10.3 Å². The molecule has 5 heteroatoms. The zero-order chi connectivity index (χ0) is 20.2. The summed E-state index contributed by atoms with van der Waals surface area (Å²) < 4.78 is 13.4. The number of aromatic hydroxyl groups is 1. The number of amides is 1. The number of hydrogen-bond acceptors (Lipinski definition) is 3. The van der Waals surface area contributed by atoms with Crippen LogP contribution in [0.1, 0.15) is 22.7 Å². The van der Waals surface area contributed by atoms with Crippen molar-refractivity contribution in [1.29, 1.82) is 0 Å². The normalized spacial score (nSPS) is 11.9. The number of aromatic nitrogens is 1. The van der Waals surface area contributed by atoms with Crippen LogP contribution in [-0.4, -0.2) is 16.0 Å². The lowest BCUT2D eigenvalue weighted by Gasteiger charge is -2.21. The number of phenolic OH excluding ortho intramolecular Hbond substituents is 1. The van der Waals surface area contributed by atoms with E-state index in [1.54, 1.807) is 30.5 Å². The Bertz CT molecular complexity index is 1140. The predicted octanol–water partition coefficient (Wildman–Crippen LogP) is 4.53. The molecule has 29 heavy (non-hydrogen) atoms. The van der Waals surface area contributed by atoms with Gasteiger partial charge in [-0.3, -0.25) is 9.78 Å². The van der Waals surface area contributed by atoms with Crippen LogP contribution in [0.5, 0.6) is 5.75 Å². The number of fused-ring (bicyclic) bond motifs is 1. The molecule has 0 radical (unpaired) electrons. The molecule has 3 aromatic carbocycles. The third kappa shape index (κ3) is 4.09. The minimum atomic E-state index is -0.641. The molecule has 1 unspecified atom stereocenters. The van der Waals surface area contributed by atoms with Gasteiger partial charge in [-0.1, -0.05) is 60.7 Å². The molecule has 4 rings (SSSR count). The van der Waals surface area contributed by atoms with Gasteiger partial charge in [0.1, 0.15) is 17.1 Å². The van der Waals surface area contributed by atoms with Crippen LogP contribution >= 0.6 is 0 Å². The van der Waals surface area contributed by atoms with E-state index in [0.717, 1.165) is 10.9 Å². The lowest BCUT2D eigenvalue weighted by molar-refractivity contribution is -0.120. The number of halogens is 1. The molecular formula is C24H19FN2O2. The van der Waals surface area contributed by atoms with Crippen molar-refractivity contribution < 1.29 is 14.3 Å². The first-order valence-electron chi connectivity index (χ1n) is 9.27. The van der Waals surface area contributed by atoms with Crippen LogP contribution in [0.25, 0.3) is 10.9 Å². The molecule has 0 aliphatic heterocycles. The molecule has 1 heterocycles. The van der Waals surface area contributed by atoms with Crippen LogP contribution in [0.15, 0.2) is 85.1 Å². The standard InChI is InChI=1S/C24H19FN2O2/c25-19-11-8-18(9-12-19)22(27-21(28)15-16-5-2-1-3-6-16)20-13-10-17-7-4-14-26-23(17)24(20)29/h1-14,22,29H,15H2,(H,27,28). The first-order valence-corrected chi connectivity index (χ1v) is 9.27. The first-order chi connectivity index (χ1) is 14.1. The van der Waals surface area contributed by atoms with Gasteiger partial charge in [0.25, 0.3) is 0 Å².